The lowest BCUT2D eigenvalue weighted by Crippen LogP contribution is -2.65. The van der Waals surface area contributed by atoms with Gasteiger partial charge in [-0.05, 0) is 13.8 Å². The highest BCUT2D eigenvalue weighted by Crippen LogP contribution is 2.13. The number of halogens is 1. The molecule has 0 spiro atoms. The van der Waals surface area contributed by atoms with E-state index in [9.17, 15) is 9.90 Å². The van der Waals surface area contributed by atoms with Crippen LogP contribution in [0.4, 0.5) is 0 Å². The van der Waals surface area contributed by atoms with E-state index in [1.807, 2.05) is 0 Å². The third kappa shape index (κ3) is 2.33. The summed E-state index contributed by atoms with van der Waals surface area (Å²) in [5.74, 6) is -0.522. The second kappa shape index (κ2) is 4.07. The molecular weight excluding hydrogens is 182 g/mol. The molecule has 0 unspecified atom stereocenters. The molecule has 4 nitrogen and oxygen atoms in total. The zero-order valence-corrected chi connectivity index (χ0v) is 7.98. The number of β-amino-alcohol motifs (C(OH)–C–C–N with tert-alkyl or cyclic N) is 1. The van der Waals surface area contributed by atoms with Gasteiger partial charge in [0.05, 0.1) is 6.10 Å². The summed E-state index contributed by atoms with van der Waals surface area (Å²) in [6.45, 7) is 4.12. The average Bonchev–Trinajstić information content (AvgIpc) is 1.81. The van der Waals surface area contributed by atoms with Crippen LogP contribution >= 0.6 is 12.4 Å². The number of carbonyl (C=O) groups excluding carboxylic acids is 1. The van der Waals surface area contributed by atoms with E-state index in [1.54, 1.807) is 13.8 Å². The molecule has 1 saturated heterocycles. The Balaban J connectivity index is 0.00000121. The van der Waals surface area contributed by atoms with Gasteiger partial charge in [-0.25, -0.2) is 4.79 Å². The van der Waals surface area contributed by atoms with E-state index in [0.29, 0.717) is 13.1 Å². The fourth-order valence-corrected chi connectivity index (χ4v) is 0.830. The molecule has 0 aromatic heterocycles. The summed E-state index contributed by atoms with van der Waals surface area (Å²) < 4.78 is 4.83. The van der Waals surface area contributed by atoms with Crippen LogP contribution in [0.1, 0.15) is 13.8 Å². The Morgan fingerprint density at radius 2 is 2.08 bits per heavy atom. The SMILES string of the molecule is CC(C)OC(=O)C1(O)CNC1.Cl. The highest BCUT2D eigenvalue weighted by Gasteiger charge is 2.44. The molecule has 0 aromatic carbocycles. The lowest BCUT2D eigenvalue weighted by atomic mass is 9.98. The van der Waals surface area contributed by atoms with Crippen LogP contribution in [-0.4, -0.2) is 35.9 Å². The van der Waals surface area contributed by atoms with Crippen molar-refractivity contribution in [2.45, 2.75) is 25.6 Å². The van der Waals surface area contributed by atoms with Gasteiger partial charge in [0, 0.05) is 13.1 Å². The summed E-state index contributed by atoms with van der Waals surface area (Å²) in [6.07, 6.45) is -0.160. The number of nitrogens with one attached hydrogen (secondary N) is 1. The Kier molecular flexibility index (Phi) is 3.96. The van der Waals surface area contributed by atoms with Crippen LogP contribution in [0.15, 0.2) is 0 Å². The van der Waals surface area contributed by atoms with E-state index in [-0.39, 0.29) is 18.5 Å². The van der Waals surface area contributed by atoms with Gasteiger partial charge in [0.1, 0.15) is 0 Å². The van der Waals surface area contributed by atoms with Crippen LogP contribution in [0.2, 0.25) is 0 Å². The Hall–Kier alpha value is -0.320. The first-order valence-electron chi connectivity index (χ1n) is 3.69. The van der Waals surface area contributed by atoms with Gasteiger partial charge in [-0.15, -0.1) is 12.4 Å². The summed E-state index contributed by atoms with van der Waals surface area (Å²) in [6, 6.07) is 0. The summed E-state index contributed by atoms with van der Waals surface area (Å²) in [4.78, 5) is 11.0. The standard InChI is InChI=1S/C7H13NO3.ClH/c1-5(2)11-6(9)7(10)3-8-4-7;/h5,8,10H,3-4H2,1-2H3;1H. The van der Waals surface area contributed by atoms with E-state index in [2.05, 4.69) is 5.32 Å². The molecular formula is C7H14ClNO3. The van der Waals surface area contributed by atoms with Gasteiger partial charge in [-0.1, -0.05) is 0 Å². The summed E-state index contributed by atoms with van der Waals surface area (Å²) in [5.41, 5.74) is -1.26. The summed E-state index contributed by atoms with van der Waals surface area (Å²) in [5, 5.41) is 12.2. The molecule has 0 radical (unpaired) electrons. The first kappa shape index (κ1) is 11.7. The van der Waals surface area contributed by atoms with Crippen molar-refractivity contribution < 1.29 is 14.6 Å². The molecule has 0 aliphatic carbocycles. The van der Waals surface area contributed by atoms with Gasteiger partial charge >= 0.3 is 5.97 Å². The Labute approximate surface area is 77.7 Å². The number of carbonyl (C=O) groups is 1. The van der Waals surface area contributed by atoms with E-state index in [1.165, 1.54) is 0 Å². The summed E-state index contributed by atoms with van der Waals surface area (Å²) >= 11 is 0. The molecule has 1 aliphatic rings. The van der Waals surface area contributed by atoms with Crippen molar-refractivity contribution in [3.8, 4) is 0 Å². The summed E-state index contributed by atoms with van der Waals surface area (Å²) in [7, 11) is 0. The molecule has 0 aromatic rings. The van der Waals surface area contributed by atoms with Crippen molar-refractivity contribution in [3.05, 3.63) is 0 Å². The molecule has 5 heteroatoms. The third-order valence-corrected chi connectivity index (χ3v) is 1.56. The predicted octanol–water partition coefficient (Wildman–Crippen LogP) is -0.306. The molecule has 72 valence electrons. The molecule has 1 aliphatic heterocycles. The highest BCUT2D eigenvalue weighted by atomic mass is 35.5. The first-order chi connectivity index (χ1) is 5.04. The second-order valence-electron chi connectivity index (χ2n) is 3.09. The molecule has 1 fully saturated rings. The van der Waals surface area contributed by atoms with E-state index >= 15 is 0 Å². The molecule has 0 atom stereocenters. The van der Waals surface area contributed by atoms with Gasteiger partial charge in [0.15, 0.2) is 5.60 Å². The predicted molar refractivity (Wildman–Crippen MR) is 46.3 cm³/mol. The van der Waals surface area contributed by atoms with Crippen molar-refractivity contribution >= 4 is 18.4 Å². The lowest BCUT2D eigenvalue weighted by molar-refractivity contribution is -0.174. The maximum atomic E-state index is 11.0. The monoisotopic (exact) mass is 195 g/mol. The van der Waals surface area contributed by atoms with Gasteiger partial charge in [0.2, 0.25) is 0 Å². The molecule has 1 heterocycles. The quantitative estimate of drug-likeness (QED) is 0.594. The molecule has 0 bridgehead atoms. The lowest BCUT2D eigenvalue weighted by Gasteiger charge is -2.35. The zero-order valence-electron chi connectivity index (χ0n) is 7.16. The number of esters is 1. The molecule has 1 rings (SSSR count). The zero-order chi connectivity index (χ0) is 8.48. The van der Waals surface area contributed by atoms with Crippen LogP contribution in [0.3, 0.4) is 0 Å². The number of hydrogen-bond donors (Lipinski definition) is 2. The molecule has 2 N–H and O–H groups in total. The normalized spacial score (nSPS) is 19.3. The Morgan fingerprint density at radius 1 is 1.58 bits per heavy atom. The fourth-order valence-electron chi connectivity index (χ4n) is 0.830. The van der Waals surface area contributed by atoms with Crippen molar-refractivity contribution in [1.82, 2.24) is 5.32 Å². The van der Waals surface area contributed by atoms with Crippen molar-refractivity contribution in [1.29, 1.82) is 0 Å². The van der Waals surface area contributed by atoms with Crippen LogP contribution < -0.4 is 5.32 Å². The van der Waals surface area contributed by atoms with Gasteiger partial charge in [-0.2, -0.15) is 0 Å². The Bertz CT molecular complexity index is 168. The number of ether oxygens (including phenoxy) is 1. The van der Waals surface area contributed by atoms with Gasteiger partial charge in [0.25, 0.3) is 0 Å². The first-order valence-corrected chi connectivity index (χ1v) is 3.69. The second-order valence-corrected chi connectivity index (χ2v) is 3.09. The smallest absolute Gasteiger partial charge is 0.341 e. The highest BCUT2D eigenvalue weighted by molar-refractivity contribution is 5.85. The molecule has 12 heavy (non-hydrogen) atoms. The maximum Gasteiger partial charge on any atom is 0.341 e. The molecule has 0 amide bonds. The van der Waals surface area contributed by atoms with Crippen LogP contribution in [0, 0.1) is 0 Å². The largest absolute Gasteiger partial charge is 0.461 e. The fraction of sp³-hybridized carbons (Fsp3) is 0.857. The van der Waals surface area contributed by atoms with Crippen molar-refractivity contribution in [3.63, 3.8) is 0 Å². The van der Waals surface area contributed by atoms with Crippen molar-refractivity contribution in [2.75, 3.05) is 13.1 Å². The van der Waals surface area contributed by atoms with E-state index in [0.717, 1.165) is 0 Å². The number of hydrogen-bond acceptors (Lipinski definition) is 4. The minimum Gasteiger partial charge on any atom is -0.461 e. The minimum absolute atomic E-state index is 0. The third-order valence-electron chi connectivity index (χ3n) is 1.56. The average molecular weight is 196 g/mol. The van der Waals surface area contributed by atoms with Crippen LogP contribution in [0.5, 0.6) is 0 Å². The molecule has 0 saturated carbocycles. The van der Waals surface area contributed by atoms with Gasteiger partial charge in [-0.3, -0.25) is 0 Å². The van der Waals surface area contributed by atoms with Gasteiger partial charge < -0.3 is 15.2 Å². The number of rotatable bonds is 2. The maximum absolute atomic E-state index is 11.0. The minimum atomic E-state index is -1.26. The van der Waals surface area contributed by atoms with Crippen LogP contribution in [-0.2, 0) is 9.53 Å². The van der Waals surface area contributed by atoms with Crippen molar-refractivity contribution in [2.24, 2.45) is 0 Å². The van der Waals surface area contributed by atoms with E-state index in [4.69, 9.17) is 4.74 Å². The topological polar surface area (TPSA) is 58.6 Å². The number of aliphatic hydroxyl groups is 1. The van der Waals surface area contributed by atoms with Crippen LogP contribution in [0.25, 0.3) is 0 Å². The Morgan fingerprint density at radius 3 is 2.33 bits per heavy atom. The van der Waals surface area contributed by atoms with E-state index < -0.39 is 11.6 Å².